The Balaban J connectivity index is 1.37. The lowest BCUT2D eigenvalue weighted by Gasteiger charge is -2.45. The van der Waals surface area contributed by atoms with E-state index in [0.29, 0.717) is 18.7 Å². The first-order valence-corrected chi connectivity index (χ1v) is 11.4. The van der Waals surface area contributed by atoms with Gasteiger partial charge >= 0.3 is 0 Å². The summed E-state index contributed by atoms with van der Waals surface area (Å²) in [5.41, 5.74) is 4.83. The standard InChI is InChI=1S/C27H30N2O3/c1-18(2)31-23-10-9-21(17-20(23)4)26(30)28-15-12-27(13-16-28)25-19(3)11-14-29(25)22-7-5-6-8-24(22)32-27/h5-11,14,17-18H,12-13,15-16H2,1-4H3. The van der Waals surface area contributed by atoms with Gasteiger partial charge in [-0.1, -0.05) is 12.1 Å². The van der Waals surface area contributed by atoms with Gasteiger partial charge in [0.25, 0.3) is 5.91 Å². The summed E-state index contributed by atoms with van der Waals surface area (Å²) in [6.45, 7) is 9.47. The third-order valence-corrected chi connectivity index (χ3v) is 6.59. The second-order valence-electron chi connectivity index (χ2n) is 9.22. The van der Waals surface area contributed by atoms with E-state index in [2.05, 4.69) is 29.8 Å². The molecule has 0 saturated carbocycles. The lowest BCUT2D eigenvalue weighted by molar-refractivity contribution is -0.00976. The molecule has 1 amide bonds. The van der Waals surface area contributed by atoms with Crippen molar-refractivity contribution in [3.8, 4) is 17.2 Å². The minimum Gasteiger partial charge on any atom is -0.491 e. The molecule has 0 atom stereocenters. The number of hydrogen-bond donors (Lipinski definition) is 0. The van der Waals surface area contributed by atoms with E-state index >= 15 is 0 Å². The Morgan fingerprint density at radius 1 is 1.03 bits per heavy atom. The van der Waals surface area contributed by atoms with Crippen molar-refractivity contribution in [1.29, 1.82) is 0 Å². The molecule has 0 radical (unpaired) electrons. The van der Waals surface area contributed by atoms with Crippen molar-refractivity contribution in [2.75, 3.05) is 13.1 Å². The molecule has 166 valence electrons. The number of carbonyl (C=O) groups is 1. The highest BCUT2D eigenvalue weighted by atomic mass is 16.5. The molecular formula is C27H30N2O3. The molecule has 0 bridgehead atoms. The van der Waals surface area contributed by atoms with E-state index in [1.807, 2.05) is 62.1 Å². The monoisotopic (exact) mass is 430 g/mol. The summed E-state index contributed by atoms with van der Waals surface area (Å²) in [5, 5.41) is 0. The van der Waals surface area contributed by atoms with Gasteiger partial charge in [0.05, 0.1) is 17.5 Å². The Bertz CT molecular complexity index is 1170. The minimum absolute atomic E-state index is 0.0716. The number of benzene rings is 2. The van der Waals surface area contributed by atoms with Crippen LogP contribution in [-0.4, -0.2) is 34.6 Å². The second-order valence-corrected chi connectivity index (χ2v) is 9.22. The van der Waals surface area contributed by atoms with Crippen molar-refractivity contribution in [1.82, 2.24) is 9.47 Å². The Morgan fingerprint density at radius 3 is 2.50 bits per heavy atom. The van der Waals surface area contributed by atoms with Gasteiger partial charge in [-0.05, 0) is 75.2 Å². The third kappa shape index (κ3) is 3.36. The zero-order chi connectivity index (χ0) is 22.5. The van der Waals surface area contributed by atoms with Crippen molar-refractivity contribution >= 4 is 5.91 Å². The molecule has 2 aromatic carbocycles. The van der Waals surface area contributed by atoms with Crippen LogP contribution in [0.15, 0.2) is 54.7 Å². The molecule has 5 rings (SSSR count). The number of piperidine rings is 1. The Labute approximate surface area is 189 Å². The fraction of sp³-hybridized carbons (Fsp3) is 0.370. The maximum atomic E-state index is 13.3. The lowest BCUT2D eigenvalue weighted by atomic mass is 9.84. The zero-order valence-corrected chi connectivity index (χ0v) is 19.2. The molecular weight excluding hydrogens is 400 g/mol. The van der Waals surface area contributed by atoms with E-state index in [1.54, 1.807) is 0 Å². The molecule has 32 heavy (non-hydrogen) atoms. The fourth-order valence-corrected chi connectivity index (χ4v) is 5.07. The summed E-state index contributed by atoms with van der Waals surface area (Å²) < 4.78 is 14.7. The first-order valence-electron chi connectivity index (χ1n) is 11.4. The summed E-state index contributed by atoms with van der Waals surface area (Å²) in [5.74, 6) is 1.81. The number of carbonyl (C=O) groups excluding carboxylic acids is 1. The quantitative estimate of drug-likeness (QED) is 0.558. The fourth-order valence-electron chi connectivity index (χ4n) is 5.07. The van der Waals surface area contributed by atoms with E-state index in [0.717, 1.165) is 35.6 Å². The smallest absolute Gasteiger partial charge is 0.253 e. The van der Waals surface area contributed by atoms with Crippen molar-refractivity contribution < 1.29 is 14.3 Å². The number of para-hydroxylation sites is 2. The topological polar surface area (TPSA) is 43.7 Å². The number of fused-ring (bicyclic) bond motifs is 4. The maximum absolute atomic E-state index is 13.3. The first-order chi connectivity index (χ1) is 15.4. The molecule has 1 spiro atoms. The summed E-state index contributed by atoms with van der Waals surface area (Å²) in [6.07, 6.45) is 3.78. The SMILES string of the molecule is Cc1cc(C(=O)N2CCC3(CC2)Oc2ccccc2-n2ccc(C)c23)ccc1OC(C)C. The third-order valence-electron chi connectivity index (χ3n) is 6.59. The van der Waals surface area contributed by atoms with E-state index in [9.17, 15) is 4.79 Å². The number of aromatic nitrogens is 1. The van der Waals surface area contributed by atoms with Crippen LogP contribution < -0.4 is 9.47 Å². The van der Waals surface area contributed by atoms with Gasteiger partial charge in [-0.3, -0.25) is 4.79 Å². The molecule has 2 aliphatic rings. The Morgan fingerprint density at radius 2 is 1.78 bits per heavy atom. The predicted molar refractivity (Wildman–Crippen MR) is 125 cm³/mol. The van der Waals surface area contributed by atoms with Gasteiger partial charge in [-0.15, -0.1) is 0 Å². The lowest BCUT2D eigenvalue weighted by Crippen LogP contribution is -2.50. The summed E-state index contributed by atoms with van der Waals surface area (Å²) in [4.78, 5) is 15.2. The van der Waals surface area contributed by atoms with Gasteiger partial charge in [-0.2, -0.15) is 0 Å². The molecule has 0 N–H and O–H groups in total. The van der Waals surface area contributed by atoms with Gasteiger partial charge in [-0.25, -0.2) is 0 Å². The van der Waals surface area contributed by atoms with Crippen LogP contribution in [0.1, 0.15) is 53.9 Å². The first kappa shape index (κ1) is 20.7. The normalized spacial score (nSPS) is 16.5. The van der Waals surface area contributed by atoms with Gasteiger partial charge < -0.3 is 18.9 Å². The highest BCUT2D eigenvalue weighted by molar-refractivity contribution is 5.94. The molecule has 1 saturated heterocycles. The minimum atomic E-state index is -0.399. The number of amides is 1. The van der Waals surface area contributed by atoms with E-state index in [4.69, 9.17) is 9.47 Å². The number of ether oxygens (including phenoxy) is 2. The zero-order valence-electron chi connectivity index (χ0n) is 19.2. The summed E-state index contributed by atoms with van der Waals surface area (Å²) >= 11 is 0. The van der Waals surface area contributed by atoms with Gasteiger partial charge in [0.1, 0.15) is 11.5 Å². The van der Waals surface area contributed by atoms with E-state index in [-0.39, 0.29) is 12.0 Å². The molecule has 0 unspecified atom stereocenters. The summed E-state index contributed by atoms with van der Waals surface area (Å²) in [7, 11) is 0. The highest BCUT2D eigenvalue weighted by Crippen LogP contribution is 2.46. The highest BCUT2D eigenvalue weighted by Gasteiger charge is 2.45. The van der Waals surface area contributed by atoms with Crippen LogP contribution in [0.4, 0.5) is 0 Å². The van der Waals surface area contributed by atoms with Crippen molar-refractivity contribution in [2.24, 2.45) is 0 Å². The maximum Gasteiger partial charge on any atom is 0.253 e. The van der Waals surface area contributed by atoms with E-state index in [1.165, 1.54) is 11.3 Å². The van der Waals surface area contributed by atoms with E-state index < -0.39 is 5.60 Å². The van der Waals surface area contributed by atoms with Gasteiger partial charge in [0.2, 0.25) is 0 Å². The van der Waals surface area contributed by atoms with Crippen LogP contribution in [0.3, 0.4) is 0 Å². The molecule has 3 heterocycles. The molecule has 1 aromatic heterocycles. The van der Waals surface area contributed by atoms with Gasteiger partial charge in [0, 0.05) is 37.7 Å². The van der Waals surface area contributed by atoms with Crippen LogP contribution >= 0.6 is 0 Å². The number of hydrogen-bond acceptors (Lipinski definition) is 3. The van der Waals surface area contributed by atoms with Crippen molar-refractivity contribution in [3.05, 3.63) is 77.1 Å². The van der Waals surface area contributed by atoms with Crippen molar-refractivity contribution in [2.45, 2.75) is 52.2 Å². The van der Waals surface area contributed by atoms with Crippen LogP contribution in [0.2, 0.25) is 0 Å². The number of nitrogens with zero attached hydrogens (tertiary/aromatic N) is 2. The predicted octanol–water partition coefficient (Wildman–Crippen LogP) is 5.41. The number of rotatable bonds is 3. The van der Waals surface area contributed by atoms with Crippen molar-refractivity contribution in [3.63, 3.8) is 0 Å². The second kappa shape index (κ2) is 7.73. The average Bonchev–Trinajstić information content (AvgIpc) is 3.18. The van der Waals surface area contributed by atoms with Crippen LogP contribution in [0, 0.1) is 13.8 Å². The Kier molecular flexibility index (Phi) is 5.00. The van der Waals surface area contributed by atoms with Crippen LogP contribution in [0.25, 0.3) is 5.69 Å². The molecule has 2 aliphatic heterocycles. The number of aryl methyl sites for hydroxylation is 2. The molecule has 3 aromatic rings. The van der Waals surface area contributed by atoms with Gasteiger partial charge in [0.15, 0.2) is 5.60 Å². The molecule has 1 fully saturated rings. The molecule has 5 nitrogen and oxygen atoms in total. The molecule has 5 heteroatoms. The average molecular weight is 431 g/mol. The number of likely N-dealkylation sites (tertiary alicyclic amines) is 1. The van der Waals surface area contributed by atoms with Crippen LogP contribution in [-0.2, 0) is 5.60 Å². The van der Waals surface area contributed by atoms with Crippen LogP contribution in [0.5, 0.6) is 11.5 Å². The Hall–Kier alpha value is -3.21. The summed E-state index contributed by atoms with van der Waals surface area (Å²) in [6, 6.07) is 16.1. The molecule has 0 aliphatic carbocycles. The largest absolute Gasteiger partial charge is 0.491 e.